The molecule has 4 aromatic carbocycles. The molecule has 7 heteroatoms. The van der Waals surface area contributed by atoms with E-state index >= 15 is 0 Å². The highest BCUT2D eigenvalue weighted by Gasteiger charge is 2.08. The Hall–Kier alpha value is -3.51. The highest BCUT2D eigenvalue weighted by molar-refractivity contribution is 6.48. The Morgan fingerprint density at radius 2 is 0.892 bits per heavy atom. The maximum atomic E-state index is 6.08. The second-order valence-electron chi connectivity index (χ2n) is 8.45. The predicted octanol–water partition coefficient (Wildman–Crippen LogP) is 4.15. The molecule has 0 unspecified atom stereocenters. The zero-order valence-corrected chi connectivity index (χ0v) is 21.0. The van der Waals surface area contributed by atoms with Crippen LogP contribution in [0.15, 0.2) is 109 Å². The molecule has 0 bridgehead atoms. The van der Waals surface area contributed by atoms with Crippen LogP contribution in [0, 0.1) is 0 Å². The van der Waals surface area contributed by atoms with Crippen molar-refractivity contribution in [2.24, 2.45) is 0 Å². The van der Waals surface area contributed by atoms with Crippen LogP contribution in [0.25, 0.3) is 0 Å². The SMILES string of the molecule is [B](OCCNc1ccccc1)c1ccccc1COCc1ccccc1[B]OCCNc1ccccc1. The van der Waals surface area contributed by atoms with E-state index in [0.717, 1.165) is 46.5 Å². The van der Waals surface area contributed by atoms with Crippen LogP contribution in [0.3, 0.4) is 0 Å². The van der Waals surface area contributed by atoms with Crippen molar-refractivity contribution in [2.75, 3.05) is 36.9 Å². The molecule has 0 aliphatic heterocycles. The van der Waals surface area contributed by atoms with Gasteiger partial charge in [-0.1, -0.05) is 84.9 Å². The summed E-state index contributed by atoms with van der Waals surface area (Å²) >= 11 is 0. The predicted molar refractivity (Wildman–Crippen MR) is 154 cm³/mol. The Morgan fingerprint density at radius 1 is 0.486 bits per heavy atom. The minimum absolute atomic E-state index is 0.495. The lowest BCUT2D eigenvalue weighted by Gasteiger charge is -2.13. The minimum atomic E-state index is 0.495. The van der Waals surface area contributed by atoms with Crippen LogP contribution in [0.4, 0.5) is 11.4 Å². The summed E-state index contributed by atoms with van der Waals surface area (Å²) < 4.78 is 17.7. The standard InChI is InChI=1S/C30H32B2N2O3/c1-3-13-27(14-4-1)33-19-21-36-31-29-17-9-7-11-25(29)23-35-24-26-12-8-10-18-30(26)32-37-22-20-34-28-15-5-2-6-16-28/h1-18,33-34H,19-24H2. The Kier molecular flexibility index (Phi) is 11.2. The van der Waals surface area contributed by atoms with Crippen molar-refractivity contribution in [2.45, 2.75) is 13.2 Å². The van der Waals surface area contributed by atoms with Crippen molar-refractivity contribution in [1.82, 2.24) is 0 Å². The first-order valence-corrected chi connectivity index (χ1v) is 12.6. The average molecular weight is 490 g/mol. The maximum Gasteiger partial charge on any atom is 0.330 e. The summed E-state index contributed by atoms with van der Waals surface area (Å²) in [5.74, 6) is 0. The van der Waals surface area contributed by atoms with Crippen LogP contribution in [0.1, 0.15) is 11.1 Å². The molecule has 0 aromatic heterocycles. The van der Waals surface area contributed by atoms with Crippen LogP contribution in [-0.4, -0.2) is 41.3 Å². The number of hydrogen-bond donors (Lipinski definition) is 2. The Bertz CT molecular complexity index is 1090. The molecule has 0 heterocycles. The summed E-state index contributed by atoms with van der Waals surface area (Å²) in [5.41, 5.74) is 6.40. The highest BCUT2D eigenvalue weighted by Crippen LogP contribution is 2.06. The van der Waals surface area contributed by atoms with Crippen molar-refractivity contribution in [3.63, 3.8) is 0 Å². The summed E-state index contributed by atoms with van der Waals surface area (Å²) in [6.45, 7) is 3.61. The first-order valence-electron chi connectivity index (χ1n) is 12.6. The average Bonchev–Trinajstić information content (AvgIpc) is 2.95. The van der Waals surface area contributed by atoms with Crippen LogP contribution in [0.5, 0.6) is 0 Å². The van der Waals surface area contributed by atoms with Crippen LogP contribution in [-0.2, 0) is 27.3 Å². The molecular weight excluding hydrogens is 458 g/mol. The summed E-state index contributed by atoms with van der Waals surface area (Å²) in [5, 5.41) is 6.69. The molecule has 2 N–H and O–H groups in total. The number of para-hydroxylation sites is 2. The van der Waals surface area contributed by atoms with E-state index in [2.05, 4.69) is 22.8 Å². The maximum absolute atomic E-state index is 6.08. The van der Waals surface area contributed by atoms with E-state index in [1.54, 1.807) is 0 Å². The highest BCUT2D eigenvalue weighted by atomic mass is 16.5. The first-order chi connectivity index (χ1) is 18.4. The van der Waals surface area contributed by atoms with Gasteiger partial charge in [0.2, 0.25) is 0 Å². The Balaban J connectivity index is 1.17. The smallest absolute Gasteiger partial charge is 0.330 e. The van der Waals surface area contributed by atoms with Gasteiger partial charge in [0.15, 0.2) is 0 Å². The van der Waals surface area contributed by atoms with Gasteiger partial charge < -0.3 is 24.7 Å². The number of rotatable bonds is 16. The Morgan fingerprint density at radius 3 is 1.35 bits per heavy atom. The van der Waals surface area contributed by atoms with E-state index in [-0.39, 0.29) is 0 Å². The second-order valence-corrected chi connectivity index (χ2v) is 8.45. The third-order valence-electron chi connectivity index (χ3n) is 5.69. The van der Waals surface area contributed by atoms with Gasteiger partial charge in [-0.05, 0) is 46.3 Å². The number of anilines is 2. The molecule has 0 spiro atoms. The molecule has 186 valence electrons. The van der Waals surface area contributed by atoms with Gasteiger partial charge in [0.05, 0.1) is 13.2 Å². The zero-order chi connectivity index (χ0) is 25.4. The van der Waals surface area contributed by atoms with Crippen LogP contribution >= 0.6 is 0 Å². The molecule has 0 amide bonds. The van der Waals surface area contributed by atoms with E-state index in [4.69, 9.17) is 14.0 Å². The topological polar surface area (TPSA) is 51.8 Å². The molecule has 37 heavy (non-hydrogen) atoms. The molecule has 0 atom stereocenters. The normalized spacial score (nSPS) is 10.6. The van der Waals surface area contributed by atoms with Gasteiger partial charge in [0.1, 0.15) is 0 Å². The summed E-state index contributed by atoms with van der Waals surface area (Å²) in [7, 11) is 3.62. The summed E-state index contributed by atoms with van der Waals surface area (Å²) in [6.07, 6.45) is 0. The number of nitrogens with one attached hydrogen (secondary N) is 2. The van der Waals surface area contributed by atoms with Gasteiger partial charge in [-0.15, -0.1) is 0 Å². The molecule has 5 nitrogen and oxygen atoms in total. The lowest BCUT2D eigenvalue weighted by Crippen LogP contribution is -2.26. The van der Waals surface area contributed by atoms with Crippen molar-refractivity contribution in [3.8, 4) is 0 Å². The molecule has 4 aromatic rings. The zero-order valence-electron chi connectivity index (χ0n) is 21.0. The Labute approximate surface area is 221 Å². The van der Waals surface area contributed by atoms with E-state index < -0.39 is 0 Å². The van der Waals surface area contributed by atoms with Crippen molar-refractivity contribution >= 4 is 37.3 Å². The van der Waals surface area contributed by atoms with E-state index in [1.165, 1.54) is 0 Å². The van der Waals surface area contributed by atoms with Crippen molar-refractivity contribution < 1.29 is 14.0 Å². The van der Waals surface area contributed by atoms with Gasteiger partial charge in [-0.25, -0.2) is 0 Å². The molecule has 0 aliphatic carbocycles. The lowest BCUT2D eigenvalue weighted by molar-refractivity contribution is 0.108. The molecule has 0 aliphatic rings. The number of ether oxygens (including phenoxy) is 1. The van der Waals surface area contributed by atoms with Gasteiger partial charge in [0.25, 0.3) is 0 Å². The lowest BCUT2D eigenvalue weighted by atomic mass is 9.83. The van der Waals surface area contributed by atoms with Gasteiger partial charge >= 0.3 is 15.0 Å². The minimum Gasteiger partial charge on any atom is -0.432 e. The third-order valence-corrected chi connectivity index (χ3v) is 5.69. The van der Waals surface area contributed by atoms with Gasteiger partial charge in [-0.3, -0.25) is 0 Å². The largest absolute Gasteiger partial charge is 0.432 e. The molecule has 0 fully saturated rings. The molecule has 2 radical (unpaired) electrons. The fourth-order valence-corrected chi connectivity index (χ4v) is 3.75. The van der Waals surface area contributed by atoms with Gasteiger partial charge in [0, 0.05) is 37.7 Å². The van der Waals surface area contributed by atoms with E-state index in [1.807, 2.05) is 112 Å². The number of benzene rings is 4. The van der Waals surface area contributed by atoms with E-state index in [9.17, 15) is 0 Å². The first kappa shape index (κ1) is 26.6. The number of hydrogen-bond acceptors (Lipinski definition) is 5. The summed E-state index contributed by atoms with van der Waals surface area (Å²) in [4.78, 5) is 0. The summed E-state index contributed by atoms with van der Waals surface area (Å²) in [6, 6.07) is 36.5. The fourth-order valence-electron chi connectivity index (χ4n) is 3.75. The van der Waals surface area contributed by atoms with Crippen LogP contribution < -0.4 is 21.6 Å². The molecule has 0 saturated heterocycles. The second kappa shape index (κ2) is 15.6. The van der Waals surface area contributed by atoms with Crippen molar-refractivity contribution in [3.05, 3.63) is 120 Å². The van der Waals surface area contributed by atoms with Crippen LogP contribution in [0.2, 0.25) is 0 Å². The quantitative estimate of drug-likeness (QED) is 0.183. The van der Waals surface area contributed by atoms with E-state index in [0.29, 0.717) is 26.4 Å². The monoisotopic (exact) mass is 490 g/mol. The molecular formula is C30H32B2N2O3. The van der Waals surface area contributed by atoms with Gasteiger partial charge in [-0.2, -0.15) is 0 Å². The molecule has 4 rings (SSSR count). The fraction of sp³-hybridized carbons (Fsp3) is 0.200. The molecule has 0 saturated carbocycles. The third kappa shape index (κ3) is 9.46. The van der Waals surface area contributed by atoms with Crippen molar-refractivity contribution in [1.29, 1.82) is 0 Å².